The van der Waals surface area contributed by atoms with Crippen molar-refractivity contribution in [3.63, 3.8) is 0 Å². The lowest BCUT2D eigenvalue weighted by atomic mass is 10.0. The van der Waals surface area contributed by atoms with Gasteiger partial charge in [-0.1, -0.05) is 6.07 Å². The highest BCUT2D eigenvalue weighted by Crippen LogP contribution is 2.38. The lowest BCUT2D eigenvalue weighted by Crippen LogP contribution is -2.38. The van der Waals surface area contributed by atoms with Crippen molar-refractivity contribution in [2.24, 2.45) is 0 Å². The molecule has 1 N–H and O–H groups in total. The maximum Gasteiger partial charge on any atom is 0.251 e. The largest absolute Gasteiger partial charge is 0.496 e. The molecular formula is C32H31N3O6. The molecule has 0 atom stereocenters. The van der Waals surface area contributed by atoms with Crippen molar-refractivity contribution in [2.45, 2.75) is 37.8 Å². The summed E-state index contributed by atoms with van der Waals surface area (Å²) in [4.78, 5) is 17.4. The number of methoxy groups -OCH3 is 1. The van der Waals surface area contributed by atoms with Crippen LogP contribution in [0.3, 0.4) is 0 Å². The summed E-state index contributed by atoms with van der Waals surface area (Å²) in [5, 5.41) is 12.9. The van der Waals surface area contributed by atoms with Crippen molar-refractivity contribution in [2.75, 3.05) is 33.5 Å². The van der Waals surface area contributed by atoms with Crippen LogP contribution in [0.15, 0.2) is 59.1 Å². The Balaban J connectivity index is 1.28. The third-order valence-electron chi connectivity index (χ3n) is 7.57. The number of nitriles is 1. The van der Waals surface area contributed by atoms with E-state index in [1.807, 2.05) is 36.4 Å². The van der Waals surface area contributed by atoms with Gasteiger partial charge < -0.3 is 28.7 Å². The van der Waals surface area contributed by atoms with Crippen LogP contribution in [0.5, 0.6) is 11.5 Å². The third kappa shape index (κ3) is 5.75. The van der Waals surface area contributed by atoms with Crippen LogP contribution >= 0.6 is 0 Å². The van der Waals surface area contributed by atoms with Gasteiger partial charge in [-0.05, 0) is 54.8 Å². The van der Waals surface area contributed by atoms with Crippen LogP contribution in [0.1, 0.15) is 41.6 Å². The number of aromatic nitrogens is 1. The Morgan fingerprint density at radius 2 is 1.73 bits per heavy atom. The van der Waals surface area contributed by atoms with Crippen molar-refractivity contribution in [1.29, 1.82) is 5.26 Å². The van der Waals surface area contributed by atoms with E-state index in [1.54, 1.807) is 25.4 Å². The topological polar surface area (TPSA) is 116 Å². The predicted octanol–water partition coefficient (Wildman–Crippen LogP) is 5.51. The minimum atomic E-state index is -0.146. The van der Waals surface area contributed by atoms with Crippen molar-refractivity contribution in [1.82, 2.24) is 10.3 Å². The molecule has 0 radical (unpaired) electrons. The maximum absolute atomic E-state index is 12.9. The number of fused-ring (bicyclic) bond motifs is 1. The van der Waals surface area contributed by atoms with Crippen LogP contribution in [0.25, 0.3) is 33.6 Å². The standard InChI is InChI=1S/C32H31N3O6/c1-37-29-17-21(32(36)35-23-7-12-38-13-8-23)2-4-26(29)30-18-27-31(41-30)25(6-11-34-27)20-3-5-28(22(16-20)19-33)40-24-9-14-39-15-10-24/h2-6,11,16-18,23-24H,7-10,12-15H2,1H3,(H,35,36). The number of pyridine rings is 1. The maximum atomic E-state index is 12.9. The number of amides is 1. The van der Waals surface area contributed by atoms with Gasteiger partial charge in [-0.15, -0.1) is 0 Å². The molecule has 2 aliphatic rings. The van der Waals surface area contributed by atoms with Crippen LogP contribution in [0.4, 0.5) is 0 Å². The summed E-state index contributed by atoms with van der Waals surface area (Å²) >= 11 is 0. The van der Waals surface area contributed by atoms with E-state index in [-0.39, 0.29) is 18.1 Å². The lowest BCUT2D eigenvalue weighted by Gasteiger charge is -2.23. The first-order valence-electron chi connectivity index (χ1n) is 13.9. The van der Waals surface area contributed by atoms with Gasteiger partial charge in [-0.25, -0.2) is 0 Å². The molecule has 4 aromatic rings. The first kappa shape index (κ1) is 26.8. The van der Waals surface area contributed by atoms with E-state index in [9.17, 15) is 10.1 Å². The van der Waals surface area contributed by atoms with E-state index >= 15 is 0 Å². The molecule has 0 spiro atoms. The molecule has 4 heterocycles. The average Bonchev–Trinajstić information content (AvgIpc) is 3.46. The number of nitrogens with one attached hydrogen (secondary N) is 1. The van der Waals surface area contributed by atoms with Gasteiger partial charge in [0.05, 0.1) is 31.5 Å². The number of hydrogen-bond donors (Lipinski definition) is 1. The summed E-state index contributed by atoms with van der Waals surface area (Å²) in [6.07, 6.45) is 4.97. The first-order chi connectivity index (χ1) is 20.1. The molecule has 2 aromatic carbocycles. The van der Waals surface area contributed by atoms with Gasteiger partial charge in [0.15, 0.2) is 5.58 Å². The molecule has 9 heteroatoms. The van der Waals surface area contributed by atoms with E-state index in [1.165, 1.54) is 0 Å². The molecule has 2 saturated heterocycles. The predicted molar refractivity (Wildman–Crippen MR) is 152 cm³/mol. The third-order valence-corrected chi connectivity index (χ3v) is 7.57. The molecule has 2 fully saturated rings. The quantitative estimate of drug-likeness (QED) is 0.319. The van der Waals surface area contributed by atoms with Crippen molar-refractivity contribution in [3.8, 4) is 40.0 Å². The zero-order valence-electron chi connectivity index (χ0n) is 22.9. The minimum absolute atomic E-state index is 0.0382. The SMILES string of the molecule is COc1cc(C(=O)NC2CCOCC2)ccc1-c1cc2nccc(-c3ccc(OC4CCOCC4)c(C#N)c3)c2o1. The Morgan fingerprint density at radius 3 is 2.49 bits per heavy atom. The number of hydrogen-bond acceptors (Lipinski definition) is 8. The van der Waals surface area contributed by atoms with Gasteiger partial charge in [-0.3, -0.25) is 9.78 Å². The number of carbonyl (C=O) groups is 1. The molecule has 6 rings (SSSR count). The second-order valence-electron chi connectivity index (χ2n) is 10.2. The molecule has 2 aliphatic heterocycles. The molecule has 41 heavy (non-hydrogen) atoms. The smallest absolute Gasteiger partial charge is 0.251 e. The molecule has 0 aliphatic carbocycles. The number of furan rings is 1. The minimum Gasteiger partial charge on any atom is -0.496 e. The summed E-state index contributed by atoms with van der Waals surface area (Å²) in [5.74, 6) is 1.51. The molecule has 0 saturated carbocycles. The van der Waals surface area contributed by atoms with E-state index in [0.29, 0.717) is 71.5 Å². The second kappa shape index (κ2) is 12.0. The van der Waals surface area contributed by atoms with E-state index in [2.05, 4.69) is 16.4 Å². The molecule has 2 aromatic heterocycles. The zero-order valence-corrected chi connectivity index (χ0v) is 22.9. The fourth-order valence-corrected chi connectivity index (χ4v) is 5.31. The van der Waals surface area contributed by atoms with Gasteiger partial charge in [0, 0.05) is 55.5 Å². The Kier molecular flexibility index (Phi) is 7.85. The molecular weight excluding hydrogens is 522 g/mol. The van der Waals surface area contributed by atoms with Gasteiger partial charge in [0.1, 0.15) is 34.9 Å². The van der Waals surface area contributed by atoms with Crippen molar-refractivity contribution >= 4 is 17.0 Å². The normalized spacial score (nSPS) is 16.3. The van der Waals surface area contributed by atoms with Gasteiger partial charge in [-0.2, -0.15) is 5.26 Å². The average molecular weight is 554 g/mol. The summed E-state index contributed by atoms with van der Waals surface area (Å²) in [7, 11) is 1.57. The first-order valence-corrected chi connectivity index (χ1v) is 13.9. The van der Waals surface area contributed by atoms with Crippen LogP contribution in [0.2, 0.25) is 0 Å². The van der Waals surface area contributed by atoms with E-state index in [0.717, 1.165) is 36.8 Å². The Hall–Kier alpha value is -4.39. The highest BCUT2D eigenvalue weighted by atomic mass is 16.5. The molecule has 1 amide bonds. The van der Waals surface area contributed by atoms with Crippen molar-refractivity contribution in [3.05, 3.63) is 65.9 Å². The van der Waals surface area contributed by atoms with Crippen molar-refractivity contribution < 1.29 is 28.2 Å². The van der Waals surface area contributed by atoms with Crippen LogP contribution in [-0.4, -0.2) is 56.6 Å². The van der Waals surface area contributed by atoms with Crippen LogP contribution in [-0.2, 0) is 9.47 Å². The highest BCUT2D eigenvalue weighted by molar-refractivity contribution is 5.97. The van der Waals surface area contributed by atoms with Gasteiger partial charge in [0.25, 0.3) is 5.91 Å². The summed E-state index contributed by atoms with van der Waals surface area (Å²) in [6.45, 7) is 2.64. The zero-order chi connectivity index (χ0) is 28.2. The van der Waals surface area contributed by atoms with E-state index in [4.69, 9.17) is 23.4 Å². The second-order valence-corrected chi connectivity index (χ2v) is 10.2. The summed E-state index contributed by atoms with van der Waals surface area (Å²) < 4.78 is 28.9. The Bertz CT molecular complexity index is 1600. The van der Waals surface area contributed by atoms with Crippen LogP contribution in [0, 0.1) is 11.3 Å². The van der Waals surface area contributed by atoms with E-state index < -0.39 is 0 Å². The van der Waals surface area contributed by atoms with Crippen LogP contribution < -0.4 is 14.8 Å². The number of rotatable bonds is 7. The lowest BCUT2D eigenvalue weighted by molar-refractivity contribution is 0.0254. The summed E-state index contributed by atoms with van der Waals surface area (Å²) in [5.41, 5.74) is 4.57. The number of benzene rings is 2. The fraction of sp³-hybridized carbons (Fsp3) is 0.344. The van der Waals surface area contributed by atoms with Gasteiger partial charge in [0.2, 0.25) is 0 Å². The molecule has 9 nitrogen and oxygen atoms in total. The molecule has 0 unspecified atom stereocenters. The fourth-order valence-electron chi connectivity index (χ4n) is 5.31. The molecule has 210 valence electrons. The highest BCUT2D eigenvalue weighted by Gasteiger charge is 2.21. The molecule has 0 bridgehead atoms. The number of carbonyl (C=O) groups excluding carboxylic acids is 1. The summed E-state index contributed by atoms with van der Waals surface area (Å²) in [6, 6.07) is 17.0. The van der Waals surface area contributed by atoms with Gasteiger partial charge >= 0.3 is 0 Å². The number of nitrogens with zero attached hydrogens (tertiary/aromatic N) is 2. The number of ether oxygens (including phenoxy) is 4. The monoisotopic (exact) mass is 553 g/mol. The Morgan fingerprint density at radius 1 is 0.951 bits per heavy atom. The Labute approximate surface area is 238 Å².